The van der Waals surface area contributed by atoms with Gasteiger partial charge in [0.25, 0.3) is 5.91 Å². The fourth-order valence-corrected chi connectivity index (χ4v) is 5.63. The fraction of sp³-hybridized carbons (Fsp3) is 0.579. The zero-order valence-electron chi connectivity index (χ0n) is 15.9. The predicted molar refractivity (Wildman–Crippen MR) is 111 cm³/mol. The minimum atomic E-state index is -3.08. The Hall–Kier alpha value is -1.25. The Labute approximate surface area is 175 Å². The molecule has 28 heavy (non-hydrogen) atoms. The number of nitrogens with zero attached hydrogens (tertiary/aromatic N) is 1. The molecule has 1 saturated heterocycles. The van der Waals surface area contributed by atoms with Crippen LogP contribution in [0.4, 0.5) is 0 Å². The minimum Gasteiger partial charge on any atom is -0.456 e. The van der Waals surface area contributed by atoms with Crippen molar-refractivity contribution in [2.75, 3.05) is 30.4 Å². The van der Waals surface area contributed by atoms with Crippen molar-refractivity contribution in [1.82, 2.24) is 4.90 Å². The lowest BCUT2D eigenvalue weighted by atomic mass is 10.2. The second kappa shape index (κ2) is 11.1. The molecule has 0 radical (unpaired) electrons. The van der Waals surface area contributed by atoms with E-state index >= 15 is 0 Å². The summed E-state index contributed by atoms with van der Waals surface area (Å²) in [4.78, 5) is 27.0. The van der Waals surface area contributed by atoms with Crippen molar-refractivity contribution >= 4 is 45.1 Å². The Morgan fingerprint density at radius 1 is 1.29 bits per heavy atom. The van der Waals surface area contributed by atoms with Crippen molar-refractivity contribution in [3.63, 3.8) is 0 Å². The molecule has 0 bridgehead atoms. The van der Waals surface area contributed by atoms with Crippen molar-refractivity contribution < 1.29 is 22.7 Å². The summed E-state index contributed by atoms with van der Waals surface area (Å²) in [5, 5.41) is 0.657. The standard InChI is InChI=1S/C19H26ClNO5S2/c1-2-3-10-21(16-9-12-28(24,25)14-16)18(22)13-26-19(23)8-11-27-17-6-4-15(20)5-7-17/h4-7,16H,2-3,8-14H2,1H3. The molecule has 1 fully saturated rings. The van der Waals surface area contributed by atoms with Gasteiger partial charge >= 0.3 is 5.97 Å². The lowest BCUT2D eigenvalue weighted by Gasteiger charge is -2.28. The maximum atomic E-state index is 12.5. The Bertz CT molecular complexity index is 767. The smallest absolute Gasteiger partial charge is 0.307 e. The molecule has 0 saturated carbocycles. The molecule has 0 aliphatic carbocycles. The molecular weight excluding hydrogens is 422 g/mol. The maximum Gasteiger partial charge on any atom is 0.307 e. The Morgan fingerprint density at radius 3 is 2.61 bits per heavy atom. The first-order chi connectivity index (χ1) is 13.3. The van der Waals surface area contributed by atoms with E-state index in [9.17, 15) is 18.0 Å². The minimum absolute atomic E-state index is 0.00582. The second-order valence-corrected chi connectivity index (χ2v) is 10.5. The summed E-state index contributed by atoms with van der Waals surface area (Å²) in [5.74, 6) is -0.128. The molecule has 0 N–H and O–H groups in total. The van der Waals surface area contributed by atoms with Crippen molar-refractivity contribution in [3.8, 4) is 0 Å². The second-order valence-electron chi connectivity index (χ2n) is 6.71. The molecule has 156 valence electrons. The van der Waals surface area contributed by atoms with Crippen LogP contribution in [-0.4, -0.2) is 61.6 Å². The van der Waals surface area contributed by atoms with Crippen LogP contribution in [0.25, 0.3) is 0 Å². The monoisotopic (exact) mass is 447 g/mol. The number of thioether (sulfide) groups is 1. The van der Waals surface area contributed by atoms with Crippen molar-refractivity contribution in [1.29, 1.82) is 0 Å². The summed E-state index contributed by atoms with van der Waals surface area (Å²) in [5.41, 5.74) is 0. The molecule has 2 rings (SSSR count). The third kappa shape index (κ3) is 7.64. The molecule has 9 heteroatoms. The Kier molecular flexibility index (Phi) is 9.11. The van der Waals surface area contributed by atoms with Gasteiger partial charge in [-0.25, -0.2) is 8.42 Å². The predicted octanol–water partition coefficient (Wildman–Crippen LogP) is 3.18. The van der Waals surface area contributed by atoms with Crippen LogP contribution in [0.3, 0.4) is 0 Å². The number of rotatable bonds is 10. The number of carbonyl (C=O) groups excluding carboxylic acids is 2. The normalized spacial score (nSPS) is 18.0. The highest BCUT2D eigenvalue weighted by atomic mass is 35.5. The highest BCUT2D eigenvalue weighted by Gasteiger charge is 2.34. The number of hydrogen-bond acceptors (Lipinski definition) is 6. The van der Waals surface area contributed by atoms with E-state index in [1.165, 1.54) is 11.8 Å². The van der Waals surface area contributed by atoms with E-state index < -0.39 is 15.8 Å². The van der Waals surface area contributed by atoms with E-state index in [4.69, 9.17) is 16.3 Å². The zero-order valence-corrected chi connectivity index (χ0v) is 18.3. The quantitative estimate of drug-likeness (QED) is 0.404. The molecule has 1 atom stereocenters. The van der Waals surface area contributed by atoms with Crippen molar-refractivity contribution in [2.45, 2.75) is 43.5 Å². The average molecular weight is 448 g/mol. The van der Waals surface area contributed by atoms with Gasteiger partial charge in [-0.2, -0.15) is 0 Å². The van der Waals surface area contributed by atoms with Crippen LogP contribution in [0.2, 0.25) is 5.02 Å². The van der Waals surface area contributed by atoms with Crippen LogP contribution < -0.4 is 0 Å². The Balaban J connectivity index is 1.77. The van der Waals surface area contributed by atoms with Crippen LogP contribution >= 0.6 is 23.4 Å². The summed E-state index contributed by atoms with van der Waals surface area (Å²) in [6, 6.07) is 7.01. The van der Waals surface area contributed by atoms with Gasteiger partial charge in [-0.3, -0.25) is 9.59 Å². The zero-order chi connectivity index (χ0) is 20.6. The van der Waals surface area contributed by atoms with Crippen LogP contribution in [0.15, 0.2) is 29.2 Å². The molecule has 0 spiro atoms. The number of ether oxygens (including phenoxy) is 1. The molecule has 1 aromatic carbocycles. The topological polar surface area (TPSA) is 80.8 Å². The lowest BCUT2D eigenvalue weighted by molar-refractivity contribution is -0.152. The van der Waals surface area contributed by atoms with E-state index in [1.54, 1.807) is 17.0 Å². The molecule has 6 nitrogen and oxygen atoms in total. The molecule has 1 aliphatic heterocycles. The van der Waals surface area contributed by atoms with Crippen molar-refractivity contribution in [3.05, 3.63) is 29.3 Å². The van der Waals surface area contributed by atoms with Crippen LogP contribution in [0.5, 0.6) is 0 Å². The first kappa shape index (κ1) is 23.0. The largest absolute Gasteiger partial charge is 0.456 e. The van der Waals surface area contributed by atoms with Gasteiger partial charge in [-0.15, -0.1) is 11.8 Å². The van der Waals surface area contributed by atoms with Gasteiger partial charge < -0.3 is 9.64 Å². The van der Waals surface area contributed by atoms with Gasteiger partial charge in [-0.05, 0) is 37.1 Å². The van der Waals surface area contributed by atoms with E-state index in [0.717, 1.165) is 17.7 Å². The third-order valence-electron chi connectivity index (χ3n) is 4.47. The van der Waals surface area contributed by atoms with Crippen LogP contribution in [-0.2, 0) is 24.2 Å². The fourth-order valence-electron chi connectivity index (χ4n) is 2.94. The molecule has 0 aromatic heterocycles. The van der Waals surface area contributed by atoms with Gasteiger partial charge in [0.05, 0.1) is 17.9 Å². The lowest BCUT2D eigenvalue weighted by Crippen LogP contribution is -2.43. The summed E-state index contributed by atoms with van der Waals surface area (Å²) < 4.78 is 28.6. The number of hydrogen-bond donors (Lipinski definition) is 0. The van der Waals surface area contributed by atoms with Gasteiger partial charge in [-0.1, -0.05) is 24.9 Å². The molecule has 1 amide bonds. The summed E-state index contributed by atoms with van der Waals surface area (Å²) in [6.45, 7) is 2.15. The number of sulfone groups is 1. The molecular formula is C19H26ClNO5S2. The maximum absolute atomic E-state index is 12.5. The highest BCUT2D eigenvalue weighted by Crippen LogP contribution is 2.21. The Morgan fingerprint density at radius 2 is 2.00 bits per heavy atom. The number of benzene rings is 1. The number of halogens is 1. The first-order valence-electron chi connectivity index (χ1n) is 9.34. The average Bonchev–Trinajstić information content (AvgIpc) is 3.01. The summed E-state index contributed by atoms with van der Waals surface area (Å²) in [6.07, 6.45) is 2.32. The summed E-state index contributed by atoms with van der Waals surface area (Å²) in [7, 11) is -3.08. The van der Waals surface area contributed by atoms with Crippen molar-refractivity contribution in [2.24, 2.45) is 0 Å². The number of amides is 1. The highest BCUT2D eigenvalue weighted by molar-refractivity contribution is 7.99. The molecule has 1 aromatic rings. The van der Waals surface area contributed by atoms with E-state index in [0.29, 0.717) is 23.7 Å². The van der Waals surface area contributed by atoms with Gasteiger partial charge in [0.2, 0.25) is 0 Å². The summed E-state index contributed by atoms with van der Waals surface area (Å²) >= 11 is 7.34. The van der Waals surface area contributed by atoms with Crippen LogP contribution in [0, 0.1) is 0 Å². The third-order valence-corrected chi connectivity index (χ3v) is 7.48. The SMILES string of the molecule is CCCCN(C(=O)COC(=O)CCSc1ccc(Cl)cc1)C1CCS(=O)(=O)C1. The van der Waals surface area contributed by atoms with Gasteiger partial charge in [0.15, 0.2) is 16.4 Å². The number of esters is 1. The van der Waals surface area contributed by atoms with E-state index in [2.05, 4.69) is 0 Å². The first-order valence-corrected chi connectivity index (χ1v) is 12.5. The molecule has 1 heterocycles. The van der Waals surface area contributed by atoms with Gasteiger partial charge in [0, 0.05) is 28.3 Å². The van der Waals surface area contributed by atoms with E-state index in [1.807, 2.05) is 19.1 Å². The molecule has 1 unspecified atom stereocenters. The van der Waals surface area contributed by atoms with E-state index in [-0.39, 0.29) is 36.5 Å². The number of carbonyl (C=O) groups is 2. The number of unbranched alkanes of at least 4 members (excludes halogenated alkanes) is 1. The van der Waals surface area contributed by atoms with Crippen LogP contribution in [0.1, 0.15) is 32.6 Å². The van der Waals surface area contributed by atoms with Gasteiger partial charge in [0.1, 0.15) is 0 Å². The molecule has 1 aliphatic rings.